The van der Waals surface area contributed by atoms with E-state index < -0.39 is 23.8 Å². The Morgan fingerprint density at radius 1 is 1.17 bits per heavy atom. The van der Waals surface area contributed by atoms with Crippen LogP contribution in [0.5, 0.6) is 0 Å². The summed E-state index contributed by atoms with van der Waals surface area (Å²) in [5.41, 5.74) is 1.05. The molecule has 3 aromatic heterocycles. The molecule has 0 aliphatic carbocycles. The van der Waals surface area contributed by atoms with Gasteiger partial charge in [-0.05, 0) is 30.3 Å². The van der Waals surface area contributed by atoms with E-state index in [2.05, 4.69) is 20.5 Å². The number of carbonyl (C=O) groups is 1. The minimum atomic E-state index is -2.84. The summed E-state index contributed by atoms with van der Waals surface area (Å²) in [5.74, 6) is -0.962. The van der Waals surface area contributed by atoms with Gasteiger partial charge in [0.25, 0.3) is 12.3 Å². The highest BCUT2D eigenvalue weighted by Gasteiger charge is 2.21. The Morgan fingerprint density at radius 2 is 1.93 bits per heavy atom. The normalized spacial score (nSPS) is 11.3. The van der Waals surface area contributed by atoms with E-state index in [-0.39, 0.29) is 23.4 Å². The lowest BCUT2D eigenvalue weighted by Gasteiger charge is -2.09. The molecular weight excluding hydrogens is 385 g/mol. The zero-order valence-corrected chi connectivity index (χ0v) is 15.2. The maximum absolute atomic E-state index is 13.6. The van der Waals surface area contributed by atoms with Crippen LogP contribution in [0, 0.1) is 5.82 Å². The number of fused-ring (bicyclic) bond motifs is 1. The second-order valence-corrected chi connectivity index (χ2v) is 6.37. The summed E-state index contributed by atoms with van der Waals surface area (Å²) in [6, 6.07) is 6.46. The average Bonchev–Trinajstić information content (AvgIpc) is 3.31. The molecule has 4 rings (SSSR count). The number of aromatic nitrogens is 5. The van der Waals surface area contributed by atoms with E-state index in [1.165, 1.54) is 36.5 Å². The van der Waals surface area contributed by atoms with Crippen molar-refractivity contribution in [1.29, 1.82) is 0 Å². The number of nitrogens with one attached hydrogen (secondary N) is 1. The number of alkyl halides is 2. The van der Waals surface area contributed by atoms with Gasteiger partial charge in [-0.2, -0.15) is 10.2 Å². The first-order valence-corrected chi connectivity index (χ1v) is 8.61. The van der Waals surface area contributed by atoms with Gasteiger partial charge < -0.3 is 5.32 Å². The van der Waals surface area contributed by atoms with Crippen molar-refractivity contribution in [2.45, 2.75) is 13.0 Å². The third kappa shape index (κ3) is 3.68. The largest absolute Gasteiger partial charge is 0.348 e. The van der Waals surface area contributed by atoms with Gasteiger partial charge in [-0.3, -0.25) is 9.48 Å². The maximum atomic E-state index is 13.6. The van der Waals surface area contributed by atoms with Crippen molar-refractivity contribution in [3.05, 3.63) is 71.6 Å². The number of aryl methyl sites for hydroxylation is 1. The Morgan fingerprint density at radius 3 is 2.59 bits per heavy atom. The van der Waals surface area contributed by atoms with Gasteiger partial charge in [0.2, 0.25) is 0 Å². The van der Waals surface area contributed by atoms with Crippen molar-refractivity contribution >= 4 is 11.6 Å². The lowest BCUT2D eigenvalue weighted by Crippen LogP contribution is -2.22. The van der Waals surface area contributed by atoms with Gasteiger partial charge in [0.05, 0.1) is 18.1 Å². The fourth-order valence-corrected chi connectivity index (χ4v) is 2.91. The van der Waals surface area contributed by atoms with Crippen LogP contribution in [0.1, 0.15) is 28.0 Å². The van der Waals surface area contributed by atoms with Crippen LogP contribution in [0.25, 0.3) is 16.9 Å². The van der Waals surface area contributed by atoms with E-state index in [4.69, 9.17) is 0 Å². The van der Waals surface area contributed by atoms with E-state index in [9.17, 15) is 18.0 Å². The maximum Gasteiger partial charge on any atom is 0.280 e. The molecule has 0 spiro atoms. The number of rotatable bonds is 5. The standard InChI is InChI=1S/C19H15F3N6O/c1-27-10-11(8-24-27)7-23-19(29)14-9-25-28-16(17(21)22)6-15(26-18(14)28)12-2-4-13(20)5-3-12/h2-6,8-10,17H,7H2,1H3,(H,23,29). The quantitative estimate of drug-likeness (QED) is 0.558. The lowest BCUT2D eigenvalue weighted by molar-refractivity contribution is 0.0952. The van der Waals surface area contributed by atoms with E-state index in [0.717, 1.165) is 10.1 Å². The van der Waals surface area contributed by atoms with Crippen LogP contribution < -0.4 is 5.32 Å². The summed E-state index contributed by atoms with van der Waals surface area (Å²) in [7, 11) is 1.75. The number of amides is 1. The number of hydrogen-bond acceptors (Lipinski definition) is 4. The smallest absolute Gasteiger partial charge is 0.280 e. The molecule has 0 saturated carbocycles. The number of benzene rings is 1. The first kappa shape index (κ1) is 18.7. The summed E-state index contributed by atoms with van der Waals surface area (Å²) in [5, 5.41) is 10.6. The lowest BCUT2D eigenvalue weighted by atomic mass is 10.1. The summed E-state index contributed by atoms with van der Waals surface area (Å²) in [4.78, 5) is 16.9. The third-order valence-corrected chi connectivity index (χ3v) is 4.32. The van der Waals surface area contributed by atoms with Gasteiger partial charge >= 0.3 is 0 Å². The third-order valence-electron chi connectivity index (χ3n) is 4.32. The van der Waals surface area contributed by atoms with Crippen molar-refractivity contribution in [3.63, 3.8) is 0 Å². The monoisotopic (exact) mass is 400 g/mol. The molecule has 0 atom stereocenters. The van der Waals surface area contributed by atoms with Crippen molar-refractivity contribution < 1.29 is 18.0 Å². The molecule has 4 aromatic rings. The molecule has 0 bridgehead atoms. The fourth-order valence-electron chi connectivity index (χ4n) is 2.91. The van der Waals surface area contributed by atoms with Gasteiger partial charge in [0, 0.05) is 30.9 Å². The van der Waals surface area contributed by atoms with Crippen LogP contribution in [0.2, 0.25) is 0 Å². The molecule has 29 heavy (non-hydrogen) atoms. The van der Waals surface area contributed by atoms with Crippen LogP contribution in [-0.4, -0.2) is 30.3 Å². The number of carbonyl (C=O) groups excluding carboxylic acids is 1. The summed E-state index contributed by atoms with van der Waals surface area (Å²) >= 11 is 0. The molecule has 0 radical (unpaired) electrons. The molecule has 0 saturated heterocycles. The van der Waals surface area contributed by atoms with Gasteiger partial charge in [0.15, 0.2) is 5.65 Å². The van der Waals surface area contributed by atoms with Crippen molar-refractivity contribution in [3.8, 4) is 11.3 Å². The van der Waals surface area contributed by atoms with Crippen LogP contribution in [0.3, 0.4) is 0 Å². The molecule has 0 fully saturated rings. The van der Waals surface area contributed by atoms with Gasteiger partial charge in [-0.15, -0.1) is 0 Å². The Labute approximate surface area is 162 Å². The second-order valence-electron chi connectivity index (χ2n) is 6.37. The molecule has 10 heteroatoms. The first-order chi connectivity index (χ1) is 13.9. The zero-order valence-electron chi connectivity index (χ0n) is 15.2. The van der Waals surface area contributed by atoms with Gasteiger partial charge in [-0.25, -0.2) is 22.7 Å². The van der Waals surface area contributed by atoms with E-state index in [1.807, 2.05) is 0 Å². The van der Waals surface area contributed by atoms with Crippen molar-refractivity contribution in [2.75, 3.05) is 0 Å². The molecular formula is C19H15F3N6O. The van der Waals surface area contributed by atoms with E-state index >= 15 is 0 Å². The topological polar surface area (TPSA) is 77.1 Å². The number of halogens is 3. The molecule has 148 valence electrons. The molecule has 0 unspecified atom stereocenters. The highest BCUT2D eigenvalue weighted by Crippen LogP contribution is 2.27. The summed E-state index contributed by atoms with van der Waals surface area (Å²) in [6.07, 6.45) is 1.71. The van der Waals surface area contributed by atoms with Gasteiger partial charge in [-0.1, -0.05) is 0 Å². The molecule has 0 aliphatic rings. The number of nitrogens with zero attached hydrogens (tertiary/aromatic N) is 5. The van der Waals surface area contributed by atoms with E-state index in [1.54, 1.807) is 24.1 Å². The SMILES string of the molecule is Cn1cc(CNC(=O)c2cnn3c(C(F)F)cc(-c4ccc(F)cc4)nc23)cn1. The van der Waals surface area contributed by atoms with Gasteiger partial charge in [0.1, 0.15) is 17.1 Å². The number of hydrogen-bond donors (Lipinski definition) is 1. The summed E-state index contributed by atoms with van der Waals surface area (Å²) in [6.45, 7) is 0.212. The second kappa shape index (κ2) is 7.38. The van der Waals surface area contributed by atoms with E-state index in [0.29, 0.717) is 5.56 Å². The predicted octanol–water partition coefficient (Wildman–Crippen LogP) is 3.14. The Balaban J connectivity index is 1.72. The summed E-state index contributed by atoms with van der Waals surface area (Å²) < 4.78 is 42.9. The minimum Gasteiger partial charge on any atom is -0.348 e. The van der Waals surface area contributed by atoms with Crippen LogP contribution >= 0.6 is 0 Å². The van der Waals surface area contributed by atoms with Crippen molar-refractivity contribution in [1.82, 2.24) is 29.7 Å². The highest BCUT2D eigenvalue weighted by molar-refractivity contribution is 5.99. The highest BCUT2D eigenvalue weighted by atomic mass is 19.3. The first-order valence-electron chi connectivity index (χ1n) is 8.61. The molecule has 0 aliphatic heterocycles. The van der Waals surface area contributed by atoms with Crippen LogP contribution in [0.4, 0.5) is 13.2 Å². The molecule has 1 N–H and O–H groups in total. The Bertz CT molecular complexity index is 1180. The Kier molecular flexibility index (Phi) is 4.75. The molecule has 1 aromatic carbocycles. The molecule has 1 amide bonds. The Hall–Kier alpha value is -3.69. The predicted molar refractivity (Wildman–Crippen MR) is 97.7 cm³/mol. The minimum absolute atomic E-state index is 0.00851. The van der Waals surface area contributed by atoms with Crippen LogP contribution in [0.15, 0.2) is 48.9 Å². The molecule has 7 nitrogen and oxygen atoms in total. The zero-order chi connectivity index (χ0) is 20.5. The van der Waals surface area contributed by atoms with Crippen molar-refractivity contribution in [2.24, 2.45) is 7.05 Å². The molecule has 3 heterocycles. The fraction of sp³-hybridized carbons (Fsp3) is 0.158. The average molecular weight is 400 g/mol. The van der Waals surface area contributed by atoms with Crippen LogP contribution in [-0.2, 0) is 13.6 Å².